The van der Waals surface area contributed by atoms with E-state index in [-0.39, 0.29) is 41.9 Å². The lowest BCUT2D eigenvalue weighted by Crippen LogP contribution is -2.25. The minimum absolute atomic E-state index is 0.0448. The van der Waals surface area contributed by atoms with Gasteiger partial charge in [0, 0.05) is 50.2 Å². The Morgan fingerprint density at radius 1 is 1.26 bits per heavy atom. The van der Waals surface area contributed by atoms with Crippen LogP contribution in [0.5, 0.6) is 5.75 Å². The van der Waals surface area contributed by atoms with Gasteiger partial charge in [0.25, 0.3) is 0 Å². The topological polar surface area (TPSA) is 123 Å². The van der Waals surface area contributed by atoms with Crippen molar-refractivity contribution in [2.75, 3.05) is 20.7 Å². The van der Waals surface area contributed by atoms with Gasteiger partial charge in [-0.25, -0.2) is 9.59 Å². The number of fused-ring (bicyclic) bond motifs is 1. The summed E-state index contributed by atoms with van der Waals surface area (Å²) in [6.07, 6.45) is -0.793. The first-order chi connectivity index (χ1) is 14.7. The zero-order valence-corrected chi connectivity index (χ0v) is 16.8. The summed E-state index contributed by atoms with van der Waals surface area (Å²) >= 11 is 0. The number of carbonyl (C=O) groups excluding carboxylic acids is 1. The molecule has 31 heavy (non-hydrogen) atoms. The number of amides is 1. The Morgan fingerprint density at radius 2 is 2.00 bits per heavy atom. The fourth-order valence-electron chi connectivity index (χ4n) is 3.15. The number of aliphatic hydroxyl groups excluding tert-OH is 1. The fraction of sp³-hybridized carbons (Fsp3) is 0.238. The van der Waals surface area contributed by atoms with Gasteiger partial charge in [0.1, 0.15) is 11.3 Å². The molecule has 3 aromatic rings. The van der Waals surface area contributed by atoms with Crippen LogP contribution in [0.1, 0.15) is 16.7 Å². The lowest BCUT2D eigenvalue weighted by Gasteiger charge is -2.13. The average molecular weight is 430 g/mol. The van der Waals surface area contributed by atoms with E-state index < -0.39 is 28.1 Å². The second-order valence-electron chi connectivity index (χ2n) is 6.92. The van der Waals surface area contributed by atoms with Crippen LogP contribution in [0.3, 0.4) is 0 Å². The van der Waals surface area contributed by atoms with E-state index in [1.165, 1.54) is 43.3 Å². The van der Waals surface area contributed by atoms with E-state index in [0.29, 0.717) is 10.9 Å². The van der Waals surface area contributed by atoms with Crippen LogP contribution in [0.4, 0.5) is 14.9 Å². The third-order valence-electron chi connectivity index (χ3n) is 4.65. The predicted molar refractivity (Wildman–Crippen MR) is 109 cm³/mol. The fourth-order valence-corrected chi connectivity index (χ4v) is 3.15. The second kappa shape index (κ2) is 8.92. The number of hydrogen-bond acceptors (Lipinski definition) is 7. The van der Waals surface area contributed by atoms with E-state index in [4.69, 9.17) is 9.15 Å². The molecule has 0 fully saturated rings. The van der Waals surface area contributed by atoms with Crippen molar-refractivity contribution in [2.45, 2.75) is 12.8 Å². The molecule has 2 aromatic carbocycles. The van der Waals surface area contributed by atoms with Crippen LogP contribution >= 0.6 is 0 Å². The monoisotopic (exact) mass is 430 g/mol. The molecule has 0 radical (unpaired) electrons. The molecule has 1 heterocycles. The lowest BCUT2D eigenvalue weighted by atomic mass is 9.96. The molecule has 0 aliphatic heterocycles. The summed E-state index contributed by atoms with van der Waals surface area (Å²) < 4.78 is 25.1. The van der Waals surface area contributed by atoms with E-state index in [9.17, 15) is 29.2 Å². The number of carbonyl (C=O) groups is 1. The number of nitro benzene ring substituents is 1. The summed E-state index contributed by atoms with van der Waals surface area (Å²) in [5, 5.41) is 21.0. The molecule has 10 heteroatoms. The Labute approximate surface area is 175 Å². The molecule has 3 rings (SSSR count). The zero-order valence-electron chi connectivity index (χ0n) is 16.8. The predicted octanol–water partition coefficient (Wildman–Crippen LogP) is 3.03. The molecule has 1 N–H and O–H groups in total. The largest absolute Gasteiger partial charge is 0.422 e. The smallest absolute Gasteiger partial charge is 0.414 e. The summed E-state index contributed by atoms with van der Waals surface area (Å²) in [4.78, 5) is 35.8. The first kappa shape index (κ1) is 21.9. The maximum absolute atomic E-state index is 14.5. The van der Waals surface area contributed by atoms with E-state index in [0.717, 1.165) is 6.07 Å². The van der Waals surface area contributed by atoms with Gasteiger partial charge in [-0.3, -0.25) is 10.1 Å². The van der Waals surface area contributed by atoms with Crippen molar-refractivity contribution in [3.63, 3.8) is 0 Å². The number of benzene rings is 2. The SMILES string of the molecule is CN(C)C(=O)Oc1ccc2c(CCO)c(Cc3cccc([N+](=O)[O-])c3F)c(=O)oc2c1. The van der Waals surface area contributed by atoms with Crippen LogP contribution in [0.25, 0.3) is 11.0 Å². The van der Waals surface area contributed by atoms with Crippen molar-refractivity contribution in [3.8, 4) is 5.75 Å². The second-order valence-corrected chi connectivity index (χ2v) is 6.92. The number of nitrogens with zero attached hydrogens (tertiary/aromatic N) is 2. The zero-order chi connectivity index (χ0) is 22.7. The maximum Gasteiger partial charge on any atom is 0.414 e. The molecule has 0 unspecified atom stereocenters. The first-order valence-electron chi connectivity index (χ1n) is 9.23. The van der Waals surface area contributed by atoms with Gasteiger partial charge in [0.05, 0.1) is 4.92 Å². The molecular formula is C21H19FN2O7. The first-order valence-corrected chi connectivity index (χ1v) is 9.23. The van der Waals surface area contributed by atoms with Crippen LogP contribution in [-0.4, -0.2) is 41.7 Å². The van der Waals surface area contributed by atoms with Crippen molar-refractivity contribution >= 4 is 22.7 Å². The Hall–Kier alpha value is -3.79. The molecule has 0 spiro atoms. The molecule has 9 nitrogen and oxygen atoms in total. The van der Waals surface area contributed by atoms with Crippen LogP contribution in [0, 0.1) is 15.9 Å². The number of aliphatic hydroxyl groups is 1. The minimum atomic E-state index is -1.03. The average Bonchev–Trinajstić information content (AvgIpc) is 2.71. The molecule has 0 bridgehead atoms. The lowest BCUT2D eigenvalue weighted by molar-refractivity contribution is -0.387. The summed E-state index contributed by atoms with van der Waals surface area (Å²) in [6, 6.07) is 8.15. The molecule has 0 saturated carbocycles. The van der Waals surface area contributed by atoms with Crippen LogP contribution in [0.2, 0.25) is 0 Å². The highest BCUT2D eigenvalue weighted by Crippen LogP contribution is 2.28. The molecule has 1 amide bonds. The third-order valence-corrected chi connectivity index (χ3v) is 4.65. The van der Waals surface area contributed by atoms with Crippen LogP contribution in [0.15, 0.2) is 45.6 Å². The van der Waals surface area contributed by atoms with Gasteiger partial charge in [-0.2, -0.15) is 4.39 Å². The minimum Gasteiger partial charge on any atom is -0.422 e. The van der Waals surface area contributed by atoms with Gasteiger partial charge in [-0.15, -0.1) is 0 Å². The van der Waals surface area contributed by atoms with Crippen molar-refractivity contribution < 1.29 is 28.4 Å². The van der Waals surface area contributed by atoms with Crippen molar-refractivity contribution in [1.82, 2.24) is 4.90 Å². The molecular weight excluding hydrogens is 411 g/mol. The normalized spacial score (nSPS) is 10.8. The number of halogens is 1. The molecule has 1 aromatic heterocycles. The number of hydrogen-bond donors (Lipinski definition) is 1. The Morgan fingerprint density at radius 3 is 2.65 bits per heavy atom. The quantitative estimate of drug-likeness (QED) is 0.362. The van der Waals surface area contributed by atoms with Gasteiger partial charge in [-0.1, -0.05) is 12.1 Å². The highest BCUT2D eigenvalue weighted by Gasteiger charge is 2.21. The van der Waals surface area contributed by atoms with Gasteiger partial charge in [0.2, 0.25) is 5.82 Å². The summed E-state index contributed by atoms with van der Waals surface area (Å²) in [6.45, 7) is -0.291. The third kappa shape index (κ3) is 4.53. The number of nitro groups is 1. The summed E-state index contributed by atoms with van der Waals surface area (Å²) in [7, 11) is 3.03. The highest BCUT2D eigenvalue weighted by atomic mass is 19.1. The van der Waals surface area contributed by atoms with Crippen LogP contribution in [-0.2, 0) is 12.8 Å². The highest BCUT2D eigenvalue weighted by molar-refractivity contribution is 5.83. The number of rotatable bonds is 6. The Bertz CT molecular complexity index is 1220. The Balaban J connectivity index is 2.10. The number of ether oxygens (including phenoxy) is 1. The molecule has 0 aliphatic rings. The van der Waals surface area contributed by atoms with Gasteiger partial charge in [-0.05, 0) is 29.7 Å². The molecule has 0 saturated heterocycles. The van der Waals surface area contributed by atoms with E-state index in [1.807, 2.05) is 0 Å². The Kier molecular flexibility index (Phi) is 6.30. The van der Waals surface area contributed by atoms with E-state index in [2.05, 4.69) is 0 Å². The van der Waals surface area contributed by atoms with E-state index in [1.54, 1.807) is 6.07 Å². The maximum atomic E-state index is 14.5. The van der Waals surface area contributed by atoms with Crippen LogP contribution < -0.4 is 10.4 Å². The molecule has 162 valence electrons. The van der Waals surface area contributed by atoms with Gasteiger partial charge < -0.3 is 19.2 Å². The molecule has 0 aliphatic carbocycles. The van der Waals surface area contributed by atoms with E-state index >= 15 is 0 Å². The van der Waals surface area contributed by atoms with Crippen molar-refractivity contribution in [3.05, 3.63) is 79.4 Å². The standard InChI is InChI=1S/C21H19FN2O7/c1-23(2)21(27)30-13-6-7-15-14(8-9-25)16(20(26)31-18(15)11-13)10-12-4-3-5-17(19(12)22)24(28)29/h3-7,11,25H,8-10H2,1-2H3. The van der Waals surface area contributed by atoms with Gasteiger partial charge in [0.15, 0.2) is 0 Å². The van der Waals surface area contributed by atoms with Gasteiger partial charge >= 0.3 is 17.4 Å². The summed E-state index contributed by atoms with van der Waals surface area (Å²) in [5.74, 6) is -0.880. The molecule has 0 atom stereocenters. The van der Waals surface area contributed by atoms with Crippen molar-refractivity contribution in [2.24, 2.45) is 0 Å². The van der Waals surface area contributed by atoms with Crippen molar-refractivity contribution in [1.29, 1.82) is 0 Å². The summed E-state index contributed by atoms with van der Waals surface area (Å²) in [5.41, 5.74) is -0.891.